The van der Waals surface area contributed by atoms with Gasteiger partial charge < -0.3 is 19.7 Å². The maximum atomic E-state index is 14.0. The van der Waals surface area contributed by atoms with E-state index in [1.807, 2.05) is 12.2 Å². The number of allylic oxidation sites excluding steroid dienone is 2. The molecule has 3 rings (SSSR count). The molecule has 3 aliphatic rings. The normalized spacial score (nSPS) is 30.2. The lowest BCUT2D eigenvalue weighted by molar-refractivity contribution is -0.457. The van der Waals surface area contributed by atoms with Crippen LogP contribution in [0.25, 0.3) is 0 Å². The van der Waals surface area contributed by atoms with Crippen molar-refractivity contribution in [1.29, 1.82) is 0 Å². The molecule has 0 spiro atoms. The Labute approximate surface area is 159 Å². The van der Waals surface area contributed by atoms with E-state index in [1.165, 1.54) is 0 Å². The van der Waals surface area contributed by atoms with E-state index in [0.717, 1.165) is 25.7 Å². The van der Waals surface area contributed by atoms with E-state index < -0.39 is 36.3 Å². The predicted octanol–water partition coefficient (Wildman–Crippen LogP) is 4.28. The fourth-order valence-electron chi connectivity index (χ4n) is 3.77. The molecule has 0 aromatic heterocycles. The number of hydrogen-bond donors (Lipinski definition) is 2. The van der Waals surface area contributed by atoms with Crippen LogP contribution in [0.15, 0.2) is 12.2 Å². The van der Waals surface area contributed by atoms with Crippen molar-refractivity contribution in [3.05, 3.63) is 12.2 Å². The number of carbonyl (C=O) groups is 1. The molecule has 3 heterocycles. The number of ether oxygens (including phenoxy) is 2. The van der Waals surface area contributed by atoms with Gasteiger partial charge in [0.25, 0.3) is 0 Å². The summed E-state index contributed by atoms with van der Waals surface area (Å²) in [7, 11) is 0. The van der Waals surface area contributed by atoms with Gasteiger partial charge in [0.2, 0.25) is 6.29 Å². The molecule has 0 unspecified atom stereocenters. The molecule has 0 aromatic carbocycles. The highest BCUT2D eigenvalue weighted by atomic mass is 19.3. The summed E-state index contributed by atoms with van der Waals surface area (Å²) in [6.45, 7) is 2.11. The van der Waals surface area contributed by atoms with Gasteiger partial charge in [0.15, 0.2) is 0 Å². The Bertz CT molecular complexity index is 497. The second-order valence-corrected chi connectivity index (χ2v) is 7.62. The van der Waals surface area contributed by atoms with Gasteiger partial charge in [-0.15, -0.1) is 0 Å². The zero-order valence-electron chi connectivity index (χ0n) is 16.0. The van der Waals surface area contributed by atoms with Gasteiger partial charge in [-0.3, -0.25) is 4.79 Å². The maximum Gasteiger partial charge on any atom is 0.323 e. The third-order valence-electron chi connectivity index (χ3n) is 5.39. The number of aliphatic hydroxyl groups excluding tert-OH is 1. The molecule has 2 bridgehead atoms. The van der Waals surface area contributed by atoms with E-state index in [1.54, 1.807) is 0 Å². The van der Waals surface area contributed by atoms with Crippen molar-refractivity contribution in [3.63, 3.8) is 0 Å². The predicted molar refractivity (Wildman–Crippen MR) is 96.6 cm³/mol. The molecule has 0 saturated carbocycles. The quantitative estimate of drug-likeness (QED) is 0.363. The number of hydrogen-bond acceptors (Lipinski definition) is 4. The fourth-order valence-corrected chi connectivity index (χ4v) is 3.77. The first-order valence-electron chi connectivity index (χ1n) is 10.1. The number of aliphatic carboxylic acids is 1. The molecule has 2 N–H and O–H groups in total. The highest BCUT2D eigenvalue weighted by Gasteiger charge is 2.68. The Balaban J connectivity index is 1.81. The second kappa shape index (κ2) is 10.5. The lowest BCUT2D eigenvalue weighted by atomic mass is 9.80. The largest absolute Gasteiger partial charge is 0.481 e. The van der Waals surface area contributed by atoms with Crippen molar-refractivity contribution in [1.82, 2.24) is 0 Å². The molecular formula is C20H32F2O5. The third-order valence-corrected chi connectivity index (χ3v) is 5.39. The van der Waals surface area contributed by atoms with Gasteiger partial charge >= 0.3 is 11.9 Å². The van der Waals surface area contributed by atoms with E-state index in [4.69, 9.17) is 14.6 Å². The molecule has 3 aliphatic heterocycles. The molecule has 156 valence electrons. The molecule has 0 aromatic rings. The van der Waals surface area contributed by atoms with Crippen molar-refractivity contribution in [2.45, 2.75) is 102 Å². The lowest BCUT2D eigenvalue weighted by Gasteiger charge is -2.55. The lowest BCUT2D eigenvalue weighted by Crippen LogP contribution is -2.70. The maximum absolute atomic E-state index is 14.0. The Morgan fingerprint density at radius 3 is 2.63 bits per heavy atom. The molecule has 7 heteroatoms. The number of unbranched alkanes of at least 4 members (excludes halogenated alkanes) is 3. The number of alkyl halides is 2. The number of fused-ring (bicyclic) bond motifs is 2. The first-order chi connectivity index (χ1) is 12.9. The van der Waals surface area contributed by atoms with Gasteiger partial charge in [0.05, 0.1) is 12.2 Å². The average molecular weight is 390 g/mol. The summed E-state index contributed by atoms with van der Waals surface area (Å²) < 4.78 is 38.7. The monoisotopic (exact) mass is 390 g/mol. The zero-order valence-corrected chi connectivity index (χ0v) is 16.0. The number of rotatable bonds is 13. The molecule has 5 nitrogen and oxygen atoms in total. The molecule has 3 saturated heterocycles. The minimum atomic E-state index is -2.96. The van der Waals surface area contributed by atoms with Crippen LogP contribution in [-0.4, -0.2) is 46.7 Å². The summed E-state index contributed by atoms with van der Waals surface area (Å²) in [5.74, 6) is -4.25. The van der Waals surface area contributed by atoms with Gasteiger partial charge in [-0.2, -0.15) is 8.78 Å². The van der Waals surface area contributed by atoms with Gasteiger partial charge in [-0.1, -0.05) is 38.3 Å². The molecule has 5 atom stereocenters. The Morgan fingerprint density at radius 1 is 1.19 bits per heavy atom. The highest BCUT2D eigenvalue weighted by Crippen LogP contribution is 2.51. The van der Waals surface area contributed by atoms with Crippen molar-refractivity contribution in [2.75, 3.05) is 0 Å². The molecular weight excluding hydrogens is 358 g/mol. The van der Waals surface area contributed by atoms with E-state index in [-0.39, 0.29) is 12.5 Å². The van der Waals surface area contributed by atoms with E-state index in [9.17, 15) is 18.7 Å². The van der Waals surface area contributed by atoms with Crippen molar-refractivity contribution < 1.29 is 33.3 Å². The van der Waals surface area contributed by atoms with Crippen LogP contribution in [0.2, 0.25) is 0 Å². The molecule has 0 radical (unpaired) electrons. The Kier molecular flexibility index (Phi) is 8.63. The van der Waals surface area contributed by atoms with Crippen molar-refractivity contribution >= 4 is 5.97 Å². The van der Waals surface area contributed by atoms with Crippen LogP contribution < -0.4 is 0 Å². The minimum absolute atomic E-state index is 0.0981. The Hall–Kier alpha value is -1.05. The van der Waals surface area contributed by atoms with Crippen LogP contribution in [0, 0.1) is 5.92 Å². The summed E-state index contributed by atoms with van der Waals surface area (Å²) in [6.07, 6.45) is 6.86. The first kappa shape index (κ1) is 22.2. The topological polar surface area (TPSA) is 76.0 Å². The van der Waals surface area contributed by atoms with Crippen LogP contribution in [0.3, 0.4) is 0 Å². The van der Waals surface area contributed by atoms with Gasteiger partial charge in [-0.25, -0.2) is 0 Å². The number of halogens is 2. The summed E-state index contributed by atoms with van der Waals surface area (Å²) in [5, 5.41) is 18.7. The summed E-state index contributed by atoms with van der Waals surface area (Å²) in [6, 6.07) is 0. The van der Waals surface area contributed by atoms with Crippen LogP contribution in [-0.2, 0) is 14.3 Å². The van der Waals surface area contributed by atoms with E-state index in [0.29, 0.717) is 32.1 Å². The zero-order chi connectivity index (χ0) is 19.9. The number of carboxylic acid groups (broad SMARTS) is 1. The molecule has 0 aliphatic carbocycles. The highest BCUT2D eigenvalue weighted by molar-refractivity contribution is 5.66. The average Bonchev–Trinajstić information content (AvgIpc) is 2.62. The SMILES string of the molecule is CCCCC[C@H](O)CC[C@H]1O[C@@H]2O[C@H]([C@@H]1C/C=C\CCCC(=O)O)C2(F)F. The number of aliphatic hydroxyl groups is 1. The van der Waals surface area contributed by atoms with Gasteiger partial charge in [0, 0.05) is 12.3 Å². The van der Waals surface area contributed by atoms with Gasteiger partial charge in [-0.05, 0) is 38.5 Å². The summed E-state index contributed by atoms with van der Waals surface area (Å²) in [5.41, 5.74) is 0. The Morgan fingerprint density at radius 2 is 1.96 bits per heavy atom. The van der Waals surface area contributed by atoms with Crippen molar-refractivity contribution in [3.8, 4) is 0 Å². The fraction of sp³-hybridized carbons (Fsp3) is 0.850. The summed E-state index contributed by atoms with van der Waals surface area (Å²) >= 11 is 0. The van der Waals surface area contributed by atoms with Gasteiger partial charge in [0.1, 0.15) is 6.10 Å². The van der Waals surface area contributed by atoms with E-state index >= 15 is 0 Å². The van der Waals surface area contributed by atoms with E-state index in [2.05, 4.69) is 6.92 Å². The van der Waals surface area contributed by atoms with Crippen LogP contribution in [0.4, 0.5) is 8.78 Å². The van der Waals surface area contributed by atoms with Crippen molar-refractivity contribution in [2.24, 2.45) is 5.92 Å². The molecule has 0 amide bonds. The standard InChI is InChI=1S/C20H32F2O5/c1-2-3-6-9-14(23)12-13-16-15(10-7-4-5-8-11-17(24)25)18-20(21,22)19(26-16)27-18/h4,7,14-16,18-19,23H,2-3,5-6,8-13H2,1H3,(H,24,25)/b7-4-/t14-,15+,16+,18+,19+/m0/s1. The van der Waals surface area contributed by atoms with Crippen LogP contribution in [0.5, 0.6) is 0 Å². The molecule has 27 heavy (non-hydrogen) atoms. The second-order valence-electron chi connectivity index (χ2n) is 7.62. The minimum Gasteiger partial charge on any atom is -0.481 e. The van der Waals surface area contributed by atoms with Crippen LogP contribution >= 0.6 is 0 Å². The number of carboxylic acids is 1. The smallest absolute Gasteiger partial charge is 0.323 e. The first-order valence-corrected chi connectivity index (χ1v) is 10.1. The van der Waals surface area contributed by atoms with Crippen LogP contribution in [0.1, 0.15) is 71.1 Å². The molecule has 3 fully saturated rings. The third kappa shape index (κ3) is 6.22. The summed E-state index contributed by atoms with van der Waals surface area (Å²) in [4.78, 5) is 10.5.